The van der Waals surface area contributed by atoms with Gasteiger partial charge in [-0.15, -0.1) is 0 Å². The Morgan fingerprint density at radius 1 is 1.13 bits per heavy atom. The number of esters is 1. The van der Waals surface area contributed by atoms with Crippen molar-refractivity contribution in [3.8, 4) is 0 Å². The van der Waals surface area contributed by atoms with E-state index in [4.69, 9.17) is 4.74 Å². The summed E-state index contributed by atoms with van der Waals surface area (Å²) in [6.45, 7) is 0. The van der Waals surface area contributed by atoms with E-state index < -0.39 is 0 Å². The van der Waals surface area contributed by atoms with Crippen LogP contribution in [0.4, 0.5) is 0 Å². The Labute approximate surface area is 89.2 Å². The van der Waals surface area contributed by atoms with E-state index in [1.165, 1.54) is 5.56 Å². The Bertz CT molecular complexity index is 371. The second kappa shape index (κ2) is 3.37. The van der Waals surface area contributed by atoms with Gasteiger partial charge in [-0.2, -0.15) is 0 Å². The van der Waals surface area contributed by atoms with Crippen LogP contribution < -0.4 is 0 Å². The molecule has 1 saturated heterocycles. The summed E-state index contributed by atoms with van der Waals surface area (Å²) in [6, 6.07) is 10.3. The van der Waals surface area contributed by atoms with Crippen LogP contribution in [-0.4, -0.2) is 12.1 Å². The van der Waals surface area contributed by atoms with Gasteiger partial charge >= 0.3 is 5.97 Å². The minimum absolute atomic E-state index is 0.0198. The molecule has 3 rings (SSSR count). The fourth-order valence-electron chi connectivity index (χ4n) is 2.91. The van der Waals surface area contributed by atoms with E-state index in [9.17, 15) is 4.79 Å². The molecule has 0 radical (unpaired) electrons. The second-order valence-electron chi connectivity index (χ2n) is 4.45. The molecule has 3 unspecified atom stereocenters. The lowest BCUT2D eigenvalue weighted by Crippen LogP contribution is -2.23. The van der Waals surface area contributed by atoms with Crippen molar-refractivity contribution in [1.29, 1.82) is 0 Å². The number of benzene rings is 1. The maximum absolute atomic E-state index is 11.6. The van der Waals surface area contributed by atoms with Crippen LogP contribution in [0.1, 0.15) is 30.7 Å². The molecule has 2 fully saturated rings. The summed E-state index contributed by atoms with van der Waals surface area (Å²) < 4.78 is 5.41. The first-order chi connectivity index (χ1) is 7.36. The minimum Gasteiger partial charge on any atom is -0.461 e. The molecule has 1 heterocycles. The number of carbonyl (C=O) groups is 1. The van der Waals surface area contributed by atoms with Crippen molar-refractivity contribution < 1.29 is 9.53 Å². The van der Waals surface area contributed by atoms with E-state index >= 15 is 0 Å². The Kier molecular flexibility index (Phi) is 2.01. The van der Waals surface area contributed by atoms with E-state index in [1.807, 2.05) is 18.2 Å². The highest BCUT2D eigenvalue weighted by molar-refractivity contribution is 5.77. The van der Waals surface area contributed by atoms with Gasteiger partial charge in [-0.05, 0) is 24.8 Å². The van der Waals surface area contributed by atoms with E-state index in [1.54, 1.807) is 0 Å². The van der Waals surface area contributed by atoms with Crippen LogP contribution in [0.3, 0.4) is 0 Å². The van der Waals surface area contributed by atoms with Gasteiger partial charge in [-0.25, -0.2) is 0 Å². The van der Waals surface area contributed by atoms with Crippen molar-refractivity contribution in [3.05, 3.63) is 35.9 Å². The molecule has 15 heavy (non-hydrogen) atoms. The molecule has 2 aliphatic rings. The molecular weight excluding hydrogens is 188 g/mol. The molecule has 1 aliphatic carbocycles. The van der Waals surface area contributed by atoms with Crippen molar-refractivity contribution >= 4 is 5.97 Å². The Morgan fingerprint density at radius 2 is 1.93 bits per heavy atom. The summed E-state index contributed by atoms with van der Waals surface area (Å²) in [5, 5.41) is 0. The molecule has 1 aliphatic heterocycles. The van der Waals surface area contributed by atoms with Gasteiger partial charge in [-0.1, -0.05) is 30.3 Å². The first-order valence-corrected chi connectivity index (χ1v) is 5.62. The highest BCUT2D eigenvalue weighted by Gasteiger charge is 2.47. The standard InChI is InChI=1S/C13H14O2/c14-13-10-7-4-8-11(15-13)12(10)9-5-2-1-3-6-9/h1-3,5-6,10-12H,4,7-8H2. The van der Waals surface area contributed by atoms with Gasteiger partial charge in [0.1, 0.15) is 6.10 Å². The normalized spacial score (nSPS) is 33.9. The van der Waals surface area contributed by atoms with Gasteiger partial charge in [0, 0.05) is 5.92 Å². The largest absolute Gasteiger partial charge is 0.461 e. The zero-order valence-corrected chi connectivity index (χ0v) is 8.56. The molecule has 1 saturated carbocycles. The van der Waals surface area contributed by atoms with Crippen LogP contribution in [-0.2, 0) is 9.53 Å². The Balaban J connectivity index is 1.97. The van der Waals surface area contributed by atoms with Gasteiger partial charge in [-0.3, -0.25) is 4.79 Å². The third kappa shape index (κ3) is 1.36. The molecule has 0 N–H and O–H groups in total. The predicted molar refractivity (Wildman–Crippen MR) is 56.4 cm³/mol. The number of hydrogen-bond acceptors (Lipinski definition) is 2. The molecule has 0 spiro atoms. The molecule has 2 bridgehead atoms. The maximum Gasteiger partial charge on any atom is 0.309 e. The molecule has 3 atom stereocenters. The topological polar surface area (TPSA) is 26.3 Å². The number of rotatable bonds is 1. The van der Waals surface area contributed by atoms with E-state index in [0.717, 1.165) is 19.3 Å². The Morgan fingerprint density at radius 3 is 2.67 bits per heavy atom. The highest BCUT2D eigenvalue weighted by atomic mass is 16.6. The summed E-state index contributed by atoms with van der Waals surface area (Å²) in [5.41, 5.74) is 1.26. The first-order valence-electron chi connectivity index (χ1n) is 5.62. The predicted octanol–water partition coefficient (Wildman–Crippen LogP) is 2.50. The van der Waals surface area contributed by atoms with Crippen molar-refractivity contribution in [2.45, 2.75) is 31.3 Å². The fourth-order valence-corrected chi connectivity index (χ4v) is 2.91. The SMILES string of the molecule is O=C1OC2CCCC1C2c1ccccc1. The van der Waals surface area contributed by atoms with Crippen molar-refractivity contribution in [2.24, 2.45) is 5.92 Å². The van der Waals surface area contributed by atoms with Crippen LogP contribution in [0.25, 0.3) is 0 Å². The van der Waals surface area contributed by atoms with Crippen molar-refractivity contribution in [1.82, 2.24) is 0 Å². The highest BCUT2D eigenvalue weighted by Crippen LogP contribution is 2.45. The first kappa shape index (κ1) is 8.96. The van der Waals surface area contributed by atoms with Crippen LogP contribution in [0.2, 0.25) is 0 Å². The number of carbonyl (C=O) groups excluding carboxylic acids is 1. The molecule has 0 aromatic heterocycles. The van der Waals surface area contributed by atoms with Gasteiger partial charge in [0.25, 0.3) is 0 Å². The summed E-state index contributed by atoms with van der Waals surface area (Å²) in [5.74, 6) is 0.449. The van der Waals surface area contributed by atoms with Crippen molar-refractivity contribution in [2.75, 3.05) is 0 Å². The van der Waals surface area contributed by atoms with Gasteiger partial charge in [0.15, 0.2) is 0 Å². The third-order valence-electron chi connectivity index (χ3n) is 3.59. The van der Waals surface area contributed by atoms with E-state index in [-0.39, 0.29) is 18.0 Å². The lowest BCUT2D eigenvalue weighted by Gasteiger charge is -2.25. The Hall–Kier alpha value is -1.31. The number of ether oxygens (including phenoxy) is 1. The fraction of sp³-hybridized carbons (Fsp3) is 0.462. The second-order valence-corrected chi connectivity index (χ2v) is 4.45. The van der Waals surface area contributed by atoms with Gasteiger partial charge < -0.3 is 4.74 Å². The van der Waals surface area contributed by atoms with Crippen LogP contribution in [0.15, 0.2) is 30.3 Å². The van der Waals surface area contributed by atoms with E-state index in [0.29, 0.717) is 5.92 Å². The zero-order chi connectivity index (χ0) is 10.3. The smallest absolute Gasteiger partial charge is 0.309 e. The summed E-state index contributed by atoms with van der Waals surface area (Å²) >= 11 is 0. The summed E-state index contributed by atoms with van der Waals surface area (Å²) in [4.78, 5) is 11.6. The number of fused-ring (bicyclic) bond motifs is 2. The lowest BCUT2D eigenvalue weighted by atomic mass is 9.76. The van der Waals surface area contributed by atoms with Gasteiger partial charge in [0.05, 0.1) is 5.92 Å². The quantitative estimate of drug-likeness (QED) is 0.654. The molecule has 78 valence electrons. The molecule has 2 heteroatoms. The van der Waals surface area contributed by atoms with E-state index in [2.05, 4.69) is 12.1 Å². The average Bonchev–Trinajstić information content (AvgIpc) is 2.47. The summed E-state index contributed by atoms with van der Waals surface area (Å²) in [6.07, 6.45) is 3.29. The molecule has 0 amide bonds. The van der Waals surface area contributed by atoms with Crippen LogP contribution in [0, 0.1) is 5.92 Å². The third-order valence-corrected chi connectivity index (χ3v) is 3.59. The lowest BCUT2D eigenvalue weighted by molar-refractivity contribution is -0.143. The molecule has 1 aromatic rings. The van der Waals surface area contributed by atoms with Crippen molar-refractivity contribution in [3.63, 3.8) is 0 Å². The minimum atomic E-state index is 0.0198. The summed E-state index contributed by atoms with van der Waals surface area (Å²) in [7, 11) is 0. The average molecular weight is 202 g/mol. The van der Waals surface area contributed by atoms with Gasteiger partial charge in [0.2, 0.25) is 0 Å². The number of hydrogen-bond donors (Lipinski definition) is 0. The maximum atomic E-state index is 11.6. The monoisotopic (exact) mass is 202 g/mol. The molecule has 1 aromatic carbocycles. The van der Waals surface area contributed by atoms with Crippen LogP contribution >= 0.6 is 0 Å². The molecule has 2 nitrogen and oxygen atoms in total. The molecular formula is C13H14O2. The van der Waals surface area contributed by atoms with Crippen LogP contribution in [0.5, 0.6) is 0 Å². The zero-order valence-electron chi connectivity index (χ0n) is 8.56.